The number of hydrogen-bond donors (Lipinski definition) is 0. The van der Waals surface area contributed by atoms with Crippen molar-refractivity contribution in [2.45, 2.75) is 19.4 Å². The van der Waals surface area contributed by atoms with E-state index in [1.807, 2.05) is 6.92 Å². The molecule has 0 heterocycles. The first kappa shape index (κ1) is 35.1. The summed E-state index contributed by atoms with van der Waals surface area (Å²) in [5.41, 5.74) is 0.765. The fraction of sp³-hybridized carbons (Fsp3) is 0.565. The molecular formula is C23H30GdN3O10-2. The molecule has 13 nitrogen and oxygen atoms in total. The average Bonchev–Trinajstić information content (AvgIpc) is 2.76. The summed E-state index contributed by atoms with van der Waals surface area (Å²) in [6.45, 7) is -1.34. The van der Waals surface area contributed by atoms with Crippen LogP contribution in [0, 0.1) is 39.9 Å². The molecule has 0 aliphatic rings. The topological polar surface area (TPSA) is 203 Å². The van der Waals surface area contributed by atoms with Gasteiger partial charge in [0.1, 0.15) is 5.75 Å². The minimum Gasteiger partial charge on any atom is -0.854 e. The van der Waals surface area contributed by atoms with Gasteiger partial charge in [0.2, 0.25) is 0 Å². The van der Waals surface area contributed by atoms with Gasteiger partial charge in [0.15, 0.2) is 0 Å². The fourth-order valence-corrected chi connectivity index (χ4v) is 3.72. The molecule has 1 rings (SSSR count). The number of benzene rings is 1. The van der Waals surface area contributed by atoms with Gasteiger partial charge < -0.3 is 49.4 Å². The Labute approximate surface area is 247 Å². The van der Waals surface area contributed by atoms with E-state index in [0.29, 0.717) is 12.4 Å². The Morgan fingerprint density at radius 1 is 0.784 bits per heavy atom. The van der Waals surface area contributed by atoms with Crippen molar-refractivity contribution < 1.29 is 89.4 Å². The third-order valence-electron chi connectivity index (χ3n) is 5.19. The van der Waals surface area contributed by atoms with E-state index in [1.54, 1.807) is 24.3 Å². The van der Waals surface area contributed by atoms with E-state index in [0.717, 1.165) is 10.5 Å². The average molecular weight is 666 g/mol. The van der Waals surface area contributed by atoms with Gasteiger partial charge in [0, 0.05) is 51.9 Å². The largest absolute Gasteiger partial charge is 3.00 e. The summed E-state index contributed by atoms with van der Waals surface area (Å²) >= 11 is 0. The van der Waals surface area contributed by atoms with Crippen LogP contribution in [0.1, 0.15) is 12.5 Å². The summed E-state index contributed by atoms with van der Waals surface area (Å²) < 4.78 is 5.41. The predicted molar refractivity (Wildman–Crippen MR) is 114 cm³/mol. The Hall–Kier alpha value is -1.94. The molecule has 1 aromatic carbocycles. The predicted octanol–water partition coefficient (Wildman–Crippen LogP) is -6.74. The Kier molecular flexibility index (Phi) is 18.2. The number of aliphatic carboxylic acids is 4. The van der Waals surface area contributed by atoms with Crippen LogP contribution >= 0.6 is 0 Å². The van der Waals surface area contributed by atoms with Gasteiger partial charge in [-0.05, 0) is 37.6 Å². The van der Waals surface area contributed by atoms with Crippen molar-refractivity contribution in [2.24, 2.45) is 0 Å². The molecule has 0 amide bonds. The van der Waals surface area contributed by atoms with Crippen LogP contribution in [0.2, 0.25) is 0 Å². The zero-order chi connectivity index (χ0) is 27.1. The van der Waals surface area contributed by atoms with Crippen LogP contribution in [0.15, 0.2) is 24.3 Å². The third-order valence-corrected chi connectivity index (χ3v) is 5.19. The molecule has 37 heavy (non-hydrogen) atoms. The molecule has 1 radical (unpaired) electrons. The Bertz CT molecular complexity index is 840. The monoisotopic (exact) mass is 666 g/mol. The van der Waals surface area contributed by atoms with Crippen LogP contribution in [0.4, 0.5) is 0 Å². The van der Waals surface area contributed by atoms with Crippen LogP contribution in [-0.2, 0) is 25.6 Å². The number of carbonyl (C=O) groups excluding carboxylic acids is 4. The first-order valence-corrected chi connectivity index (χ1v) is 11.3. The molecule has 0 N–H and O–H groups in total. The minimum absolute atomic E-state index is 0. The van der Waals surface area contributed by atoms with Gasteiger partial charge in [-0.25, -0.2) is 0 Å². The molecule has 0 bridgehead atoms. The maximum absolute atomic E-state index is 11.4. The maximum Gasteiger partial charge on any atom is 3.00 e. The van der Waals surface area contributed by atoms with E-state index in [1.165, 1.54) is 9.80 Å². The Balaban J connectivity index is 0.0000130. The zero-order valence-electron chi connectivity index (χ0n) is 20.4. The summed E-state index contributed by atoms with van der Waals surface area (Å²) in [6, 6.07) is 6.32. The molecule has 1 aromatic rings. The summed E-state index contributed by atoms with van der Waals surface area (Å²) in [6.07, 6.45) is 0.241. The van der Waals surface area contributed by atoms with Crippen LogP contribution in [0.25, 0.3) is 0 Å². The summed E-state index contributed by atoms with van der Waals surface area (Å²) in [7, 11) is 0. The van der Waals surface area contributed by atoms with Gasteiger partial charge in [-0.1, -0.05) is 12.1 Å². The molecule has 0 saturated heterocycles. The van der Waals surface area contributed by atoms with E-state index >= 15 is 0 Å². The normalized spacial score (nSPS) is 11.8. The molecule has 14 heteroatoms. The SMILES string of the molecule is CCOc1ccc(C[C@@H](CN(CCN(CC(=O)[O-])CC(=O)[O-])CC(=O)[O-])N(CC[O-])CC(=O)[O-])cc1.[Gd+3]. The number of ether oxygens (including phenoxy) is 1. The molecule has 0 aliphatic carbocycles. The van der Waals surface area contributed by atoms with Crippen molar-refractivity contribution in [3.63, 3.8) is 0 Å². The van der Waals surface area contributed by atoms with Crippen LogP contribution in [0.3, 0.4) is 0 Å². The van der Waals surface area contributed by atoms with Crippen molar-refractivity contribution in [2.75, 3.05) is 65.6 Å². The van der Waals surface area contributed by atoms with Gasteiger partial charge in [0.25, 0.3) is 0 Å². The third kappa shape index (κ3) is 15.8. The fourth-order valence-electron chi connectivity index (χ4n) is 3.72. The van der Waals surface area contributed by atoms with Gasteiger partial charge in [-0.3, -0.25) is 14.7 Å². The first-order valence-electron chi connectivity index (χ1n) is 11.3. The van der Waals surface area contributed by atoms with Crippen LogP contribution in [-0.4, -0.2) is 110 Å². The van der Waals surface area contributed by atoms with Crippen LogP contribution in [0.5, 0.6) is 5.75 Å². The van der Waals surface area contributed by atoms with E-state index in [-0.39, 0.29) is 72.5 Å². The second-order valence-corrected chi connectivity index (χ2v) is 8.04. The van der Waals surface area contributed by atoms with Gasteiger partial charge in [-0.2, -0.15) is 0 Å². The van der Waals surface area contributed by atoms with Gasteiger partial charge in [0.05, 0.1) is 30.5 Å². The second kappa shape index (κ2) is 19.2. The number of rotatable bonds is 20. The zero-order valence-corrected chi connectivity index (χ0v) is 22.7. The summed E-state index contributed by atoms with van der Waals surface area (Å²) in [5, 5.41) is 55.9. The molecule has 207 valence electrons. The quantitative estimate of drug-likeness (QED) is 0.127. The second-order valence-electron chi connectivity index (χ2n) is 8.04. The first-order chi connectivity index (χ1) is 17.0. The van der Waals surface area contributed by atoms with Crippen molar-refractivity contribution >= 4 is 23.9 Å². The molecule has 0 saturated carbocycles. The smallest absolute Gasteiger partial charge is 0.854 e. The molecule has 0 aromatic heterocycles. The summed E-state index contributed by atoms with van der Waals surface area (Å²) in [4.78, 5) is 48.3. The molecule has 0 spiro atoms. The minimum atomic E-state index is -1.52. The number of carboxylic acid groups (broad SMARTS) is 4. The van der Waals surface area contributed by atoms with Gasteiger partial charge >= 0.3 is 39.9 Å². The molecule has 0 unspecified atom stereocenters. The maximum atomic E-state index is 11.4. The van der Waals surface area contributed by atoms with Crippen molar-refractivity contribution in [3.05, 3.63) is 29.8 Å². The van der Waals surface area contributed by atoms with E-state index in [9.17, 15) is 44.7 Å². The van der Waals surface area contributed by atoms with Crippen molar-refractivity contribution in [1.82, 2.24) is 14.7 Å². The van der Waals surface area contributed by atoms with Crippen molar-refractivity contribution in [1.29, 1.82) is 0 Å². The van der Waals surface area contributed by atoms with Gasteiger partial charge in [-0.15, -0.1) is 6.61 Å². The molecule has 0 fully saturated rings. The Morgan fingerprint density at radius 2 is 1.27 bits per heavy atom. The van der Waals surface area contributed by atoms with E-state index in [2.05, 4.69) is 0 Å². The number of carbonyl (C=O) groups is 4. The summed E-state index contributed by atoms with van der Waals surface area (Å²) in [5.74, 6) is -5.28. The standard InChI is InChI=1S/C23H34N3O10.Gd/c1-2-36-19-5-3-17(4-6-19)11-18(26(9-10-27)16-23(34)35)12-24(13-20(28)29)7-8-25(14-21(30)31)15-22(32)33;/h3-6,18H,2,7-16H2,1H3,(H,28,29)(H,30,31)(H,32,33)(H,34,35);/q-1;+3/p-4/t18-;/m0./s1. The Morgan fingerprint density at radius 3 is 1.73 bits per heavy atom. The van der Waals surface area contributed by atoms with E-state index < -0.39 is 62.7 Å². The van der Waals surface area contributed by atoms with Crippen LogP contribution < -0.4 is 30.3 Å². The number of carboxylic acids is 4. The molecule has 1 atom stereocenters. The molecule has 0 aliphatic heterocycles. The molecular weight excluding hydrogens is 636 g/mol. The number of hydrogen-bond acceptors (Lipinski definition) is 13. The van der Waals surface area contributed by atoms with Crippen molar-refractivity contribution in [3.8, 4) is 5.75 Å². The van der Waals surface area contributed by atoms with E-state index in [4.69, 9.17) is 4.74 Å². The number of nitrogens with zero attached hydrogens (tertiary/aromatic N) is 3.